The molecule has 1 fully saturated rings. The largest absolute Gasteiger partial charge is 0.317 e. The third kappa shape index (κ3) is 4.45. The monoisotopic (exact) mass is 398 g/mol. The first-order valence-electron chi connectivity index (χ1n) is 8.09. The van der Waals surface area contributed by atoms with E-state index in [1.807, 2.05) is 35.0 Å². The summed E-state index contributed by atoms with van der Waals surface area (Å²) >= 11 is 6.12. The highest BCUT2D eigenvalue weighted by molar-refractivity contribution is 6.30. The van der Waals surface area contributed by atoms with E-state index < -0.39 is 0 Å². The van der Waals surface area contributed by atoms with Crippen molar-refractivity contribution in [1.29, 1.82) is 0 Å². The lowest BCUT2D eigenvalue weighted by molar-refractivity contribution is 0.370. The number of nitrogens with one attached hydrogen (secondary N) is 1. The Bertz CT molecular complexity index is 828. The zero-order valence-corrected chi connectivity index (χ0v) is 16.1. The van der Waals surface area contributed by atoms with Crippen LogP contribution in [0.2, 0.25) is 5.02 Å². The Balaban J connectivity index is 0.00000113. The van der Waals surface area contributed by atoms with Crippen LogP contribution in [0.15, 0.2) is 42.7 Å². The zero-order chi connectivity index (χ0) is 15.6. The summed E-state index contributed by atoms with van der Waals surface area (Å²) in [5.41, 5.74) is 3.97. The molecular weight excluding hydrogens is 379 g/mol. The summed E-state index contributed by atoms with van der Waals surface area (Å²) in [6.45, 7) is 2.24. The lowest BCUT2D eigenvalue weighted by atomic mass is 9.93. The Kier molecular flexibility index (Phi) is 7.08. The number of piperidine rings is 1. The molecule has 0 atom stereocenters. The molecule has 3 aromatic heterocycles. The fourth-order valence-electron chi connectivity index (χ4n) is 3.26. The van der Waals surface area contributed by atoms with Crippen LogP contribution in [-0.2, 0) is 6.42 Å². The first kappa shape index (κ1) is 20.0. The van der Waals surface area contributed by atoms with Crippen LogP contribution in [0.25, 0.3) is 17.0 Å². The number of halogens is 3. The van der Waals surface area contributed by atoms with Gasteiger partial charge in [0.1, 0.15) is 5.65 Å². The molecule has 4 heterocycles. The lowest BCUT2D eigenvalue weighted by Crippen LogP contribution is -2.28. The Morgan fingerprint density at radius 3 is 2.72 bits per heavy atom. The smallest absolute Gasteiger partial charge is 0.137 e. The second kappa shape index (κ2) is 8.86. The number of hydrogen-bond acceptors (Lipinski definition) is 3. The predicted molar refractivity (Wildman–Crippen MR) is 107 cm³/mol. The van der Waals surface area contributed by atoms with Gasteiger partial charge in [0.25, 0.3) is 0 Å². The normalized spacial score (nSPS) is 14.8. The van der Waals surface area contributed by atoms with Crippen LogP contribution in [-0.4, -0.2) is 27.5 Å². The van der Waals surface area contributed by atoms with E-state index in [1.54, 1.807) is 0 Å². The number of aromatic nitrogens is 3. The number of imidazole rings is 1. The number of rotatable bonds is 3. The van der Waals surface area contributed by atoms with Crippen molar-refractivity contribution in [3.8, 4) is 11.4 Å². The lowest BCUT2D eigenvalue weighted by Gasteiger charge is -2.22. The van der Waals surface area contributed by atoms with Crippen molar-refractivity contribution in [2.24, 2.45) is 5.92 Å². The van der Waals surface area contributed by atoms with E-state index in [9.17, 15) is 0 Å². The van der Waals surface area contributed by atoms with E-state index in [0.717, 1.165) is 48.2 Å². The van der Waals surface area contributed by atoms with Crippen LogP contribution in [0.1, 0.15) is 18.5 Å². The van der Waals surface area contributed by atoms with Gasteiger partial charge in [0.15, 0.2) is 0 Å². The second-order valence-corrected chi connectivity index (χ2v) is 6.57. The van der Waals surface area contributed by atoms with Gasteiger partial charge in [-0.2, -0.15) is 0 Å². The molecule has 0 radical (unpaired) electrons. The first-order chi connectivity index (χ1) is 11.3. The summed E-state index contributed by atoms with van der Waals surface area (Å²) in [6.07, 6.45) is 7.27. The Morgan fingerprint density at radius 2 is 1.92 bits per heavy atom. The molecule has 0 saturated carbocycles. The summed E-state index contributed by atoms with van der Waals surface area (Å²) in [5.74, 6) is 0.732. The highest BCUT2D eigenvalue weighted by Crippen LogP contribution is 2.23. The van der Waals surface area contributed by atoms with E-state index in [1.165, 1.54) is 12.8 Å². The van der Waals surface area contributed by atoms with Crippen LogP contribution >= 0.6 is 36.4 Å². The van der Waals surface area contributed by atoms with E-state index in [4.69, 9.17) is 16.6 Å². The summed E-state index contributed by atoms with van der Waals surface area (Å²) in [6, 6.07) is 10.0. The minimum atomic E-state index is 0. The highest BCUT2D eigenvalue weighted by atomic mass is 35.5. The highest BCUT2D eigenvalue weighted by Gasteiger charge is 2.15. The molecule has 1 saturated heterocycles. The minimum Gasteiger partial charge on any atom is -0.317 e. The Hall–Kier alpha value is -1.33. The summed E-state index contributed by atoms with van der Waals surface area (Å²) in [7, 11) is 0. The molecule has 1 aliphatic rings. The summed E-state index contributed by atoms with van der Waals surface area (Å²) in [5, 5.41) is 4.11. The van der Waals surface area contributed by atoms with Gasteiger partial charge >= 0.3 is 0 Å². The molecule has 1 aliphatic heterocycles. The van der Waals surface area contributed by atoms with Gasteiger partial charge < -0.3 is 5.32 Å². The molecule has 7 heteroatoms. The van der Waals surface area contributed by atoms with Crippen molar-refractivity contribution in [3.05, 3.63) is 53.4 Å². The molecule has 1 N–H and O–H groups in total. The van der Waals surface area contributed by atoms with Gasteiger partial charge in [0.05, 0.1) is 22.6 Å². The van der Waals surface area contributed by atoms with Crippen LogP contribution in [0, 0.1) is 5.92 Å². The van der Waals surface area contributed by atoms with Crippen LogP contribution in [0.4, 0.5) is 0 Å². The van der Waals surface area contributed by atoms with Crippen molar-refractivity contribution in [2.45, 2.75) is 19.3 Å². The molecule has 0 spiro atoms. The summed E-state index contributed by atoms with van der Waals surface area (Å²) < 4.78 is 2.00. The topological polar surface area (TPSA) is 42.2 Å². The van der Waals surface area contributed by atoms with Gasteiger partial charge in [-0.15, -0.1) is 24.8 Å². The van der Waals surface area contributed by atoms with Crippen molar-refractivity contribution in [1.82, 2.24) is 19.7 Å². The number of pyridine rings is 2. The van der Waals surface area contributed by atoms with Crippen LogP contribution in [0.5, 0.6) is 0 Å². The zero-order valence-electron chi connectivity index (χ0n) is 13.7. The molecule has 0 aliphatic carbocycles. The third-order valence-corrected chi connectivity index (χ3v) is 4.72. The average molecular weight is 400 g/mol. The average Bonchev–Trinajstić information content (AvgIpc) is 2.99. The molecule has 0 unspecified atom stereocenters. The molecule has 0 bridgehead atoms. The molecular formula is C18H21Cl3N4. The van der Waals surface area contributed by atoms with Gasteiger partial charge in [-0.25, -0.2) is 4.98 Å². The van der Waals surface area contributed by atoms with Gasteiger partial charge in [0.2, 0.25) is 0 Å². The van der Waals surface area contributed by atoms with Crippen LogP contribution < -0.4 is 5.32 Å². The molecule has 25 heavy (non-hydrogen) atoms. The quantitative estimate of drug-likeness (QED) is 0.708. The number of hydrogen-bond donors (Lipinski definition) is 1. The van der Waals surface area contributed by atoms with Gasteiger partial charge in [-0.1, -0.05) is 17.7 Å². The molecule has 3 aromatic rings. The molecule has 4 rings (SSSR count). The van der Waals surface area contributed by atoms with Crippen molar-refractivity contribution in [3.63, 3.8) is 0 Å². The van der Waals surface area contributed by atoms with Crippen molar-refractivity contribution in [2.75, 3.05) is 13.1 Å². The van der Waals surface area contributed by atoms with Gasteiger partial charge in [-0.05, 0) is 62.5 Å². The standard InChI is InChI=1S/C18H19ClN4.2ClH/c19-14-4-5-18-21-11-17(23(18)12-14)16-3-1-2-15(22-16)10-13-6-8-20-9-7-13;;/h1-5,11-13,20H,6-10H2;2*1H. The molecule has 134 valence electrons. The first-order valence-corrected chi connectivity index (χ1v) is 8.47. The van der Waals surface area contributed by atoms with Crippen molar-refractivity contribution >= 4 is 42.1 Å². The maximum Gasteiger partial charge on any atom is 0.137 e. The van der Waals surface area contributed by atoms with Crippen LogP contribution in [0.3, 0.4) is 0 Å². The maximum atomic E-state index is 6.12. The fourth-order valence-corrected chi connectivity index (χ4v) is 3.42. The predicted octanol–water partition coefficient (Wildman–Crippen LogP) is 4.44. The molecule has 4 nitrogen and oxygen atoms in total. The minimum absolute atomic E-state index is 0. The SMILES string of the molecule is Cl.Cl.Clc1ccc2ncc(-c3cccc(CC4CCNCC4)n3)n2c1. The third-order valence-electron chi connectivity index (χ3n) is 4.50. The fraction of sp³-hybridized carbons (Fsp3) is 0.333. The Labute approximate surface area is 164 Å². The van der Waals surface area contributed by atoms with E-state index in [2.05, 4.69) is 22.4 Å². The van der Waals surface area contributed by atoms with Gasteiger partial charge in [-0.3, -0.25) is 9.38 Å². The second-order valence-electron chi connectivity index (χ2n) is 6.13. The van der Waals surface area contributed by atoms with Gasteiger partial charge in [0, 0.05) is 11.9 Å². The molecule has 0 amide bonds. The van der Waals surface area contributed by atoms with E-state index >= 15 is 0 Å². The number of fused-ring (bicyclic) bond motifs is 1. The summed E-state index contributed by atoms with van der Waals surface area (Å²) in [4.78, 5) is 9.30. The van der Waals surface area contributed by atoms with E-state index in [0.29, 0.717) is 5.02 Å². The number of nitrogens with zero attached hydrogens (tertiary/aromatic N) is 3. The Morgan fingerprint density at radius 1 is 1.12 bits per heavy atom. The van der Waals surface area contributed by atoms with E-state index in [-0.39, 0.29) is 24.8 Å². The maximum absolute atomic E-state index is 6.12. The molecule has 0 aromatic carbocycles. The van der Waals surface area contributed by atoms with Crippen molar-refractivity contribution < 1.29 is 0 Å².